The van der Waals surface area contributed by atoms with Crippen LogP contribution in [0, 0.1) is 0 Å². The largest absolute Gasteiger partial charge is 0.465 e. The highest BCUT2D eigenvalue weighted by molar-refractivity contribution is 6.06. The number of hydrogen-bond donors (Lipinski definition) is 0. The molecule has 0 aromatic heterocycles. The summed E-state index contributed by atoms with van der Waals surface area (Å²) in [6.45, 7) is 0.757. The summed E-state index contributed by atoms with van der Waals surface area (Å²) >= 11 is 0. The van der Waals surface area contributed by atoms with Gasteiger partial charge in [0.15, 0.2) is 0 Å². The summed E-state index contributed by atoms with van der Waals surface area (Å²) in [4.78, 5) is 29.6. The van der Waals surface area contributed by atoms with Crippen LogP contribution in [0.1, 0.15) is 34.3 Å². The van der Waals surface area contributed by atoms with E-state index in [1.54, 1.807) is 12.1 Å². The van der Waals surface area contributed by atoms with Crippen molar-refractivity contribution in [3.63, 3.8) is 0 Å². The molecule has 2 aliphatic heterocycles. The van der Waals surface area contributed by atoms with Crippen molar-refractivity contribution in [3.8, 4) is 0 Å². The Kier molecular flexibility index (Phi) is 4.74. The quantitative estimate of drug-likeness (QED) is 0.579. The van der Waals surface area contributed by atoms with Gasteiger partial charge in [-0.05, 0) is 35.7 Å². The second-order valence-electron chi connectivity index (χ2n) is 7.99. The molecule has 1 fully saturated rings. The van der Waals surface area contributed by atoms with Crippen molar-refractivity contribution in [1.82, 2.24) is 0 Å². The molecule has 0 spiro atoms. The van der Waals surface area contributed by atoms with Crippen LogP contribution in [-0.4, -0.2) is 25.5 Å². The van der Waals surface area contributed by atoms with E-state index >= 15 is 0 Å². The molecule has 1 atom stereocenters. The van der Waals surface area contributed by atoms with Gasteiger partial charge >= 0.3 is 5.97 Å². The maximum atomic E-state index is 13.2. The van der Waals surface area contributed by atoms with E-state index < -0.39 is 11.6 Å². The number of fused-ring (bicyclic) bond motifs is 3. The van der Waals surface area contributed by atoms with Crippen LogP contribution in [0.3, 0.4) is 0 Å². The number of carbonyl (C=O) groups excluding carboxylic acids is 2. The normalized spacial score (nSPS) is 19.3. The number of anilines is 2. The van der Waals surface area contributed by atoms with Crippen molar-refractivity contribution in [2.24, 2.45) is 0 Å². The highest BCUT2D eigenvalue weighted by Crippen LogP contribution is 2.55. The summed E-state index contributed by atoms with van der Waals surface area (Å²) in [7, 11) is 1.37. The monoisotopic (exact) mass is 412 g/mol. The van der Waals surface area contributed by atoms with Gasteiger partial charge in [0, 0.05) is 19.4 Å². The van der Waals surface area contributed by atoms with Crippen molar-refractivity contribution in [2.45, 2.75) is 24.9 Å². The third-order valence-corrected chi connectivity index (χ3v) is 6.38. The lowest BCUT2D eigenvalue weighted by atomic mass is 9.94. The molecule has 156 valence electrons. The van der Waals surface area contributed by atoms with E-state index in [0.717, 1.165) is 29.9 Å². The molecule has 0 aliphatic carbocycles. The molecule has 5 heteroatoms. The number of methoxy groups -OCH3 is 1. The standard InChI is InChI=1S/C26H24N2O3/c1-31-25(30)20-12-13-22-23(18-20)28-24(29)14-16-26(28,21-10-6-3-7-11-21)27(22)17-15-19-8-4-2-5-9-19/h2-13,18H,14-17H2,1H3. The van der Waals surface area contributed by atoms with E-state index in [1.807, 2.05) is 47.4 Å². The van der Waals surface area contributed by atoms with Crippen LogP contribution in [0.2, 0.25) is 0 Å². The fourth-order valence-corrected chi connectivity index (χ4v) is 5.00. The van der Waals surface area contributed by atoms with Gasteiger partial charge in [-0.15, -0.1) is 0 Å². The van der Waals surface area contributed by atoms with Crippen LogP contribution < -0.4 is 9.80 Å². The number of hydrogen-bond acceptors (Lipinski definition) is 4. The van der Waals surface area contributed by atoms with Gasteiger partial charge in [-0.3, -0.25) is 9.69 Å². The lowest BCUT2D eigenvalue weighted by Crippen LogP contribution is -2.52. The van der Waals surface area contributed by atoms with Crippen molar-refractivity contribution >= 4 is 23.3 Å². The van der Waals surface area contributed by atoms with E-state index in [-0.39, 0.29) is 5.91 Å². The highest BCUT2D eigenvalue weighted by Gasteiger charge is 2.57. The molecule has 5 nitrogen and oxygen atoms in total. The zero-order valence-electron chi connectivity index (χ0n) is 17.5. The number of amides is 1. The molecule has 1 saturated heterocycles. The van der Waals surface area contributed by atoms with Gasteiger partial charge in [0.25, 0.3) is 0 Å². The first-order valence-electron chi connectivity index (χ1n) is 10.6. The molecule has 2 heterocycles. The fraction of sp³-hybridized carbons (Fsp3) is 0.231. The first kappa shape index (κ1) is 19.4. The molecular weight excluding hydrogens is 388 g/mol. The van der Waals surface area contributed by atoms with Crippen molar-refractivity contribution in [2.75, 3.05) is 23.5 Å². The number of carbonyl (C=O) groups is 2. The molecule has 5 rings (SSSR count). The fourth-order valence-electron chi connectivity index (χ4n) is 5.00. The van der Waals surface area contributed by atoms with Gasteiger partial charge in [-0.25, -0.2) is 4.79 Å². The third-order valence-electron chi connectivity index (χ3n) is 6.38. The van der Waals surface area contributed by atoms with Crippen LogP contribution in [0.5, 0.6) is 0 Å². The highest BCUT2D eigenvalue weighted by atomic mass is 16.5. The van der Waals surface area contributed by atoms with Gasteiger partial charge in [0.1, 0.15) is 5.66 Å². The molecule has 1 amide bonds. The second kappa shape index (κ2) is 7.58. The summed E-state index contributed by atoms with van der Waals surface area (Å²) in [5.74, 6) is -0.322. The molecule has 2 aliphatic rings. The van der Waals surface area contributed by atoms with Crippen molar-refractivity contribution < 1.29 is 14.3 Å². The van der Waals surface area contributed by atoms with Gasteiger partial charge in [-0.1, -0.05) is 60.7 Å². The Labute approximate surface area is 181 Å². The Bertz CT molecular complexity index is 1130. The number of esters is 1. The first-order valence-corrected chi connectivity index (χ1v) is 10.6. The molecule has 0 radical (unpaired) electrons. The summed E-state index contributed by atoms with van der Waals surface area (Å²) in [5.41, 5.74) is 3.96. The van der Waals surface area contributed by atoms with Crippen LogP contribution in [0.15, 0.2) is 78.9 Å². The van der Waals surface area contributed by atoms with Crippen molar-refractivity contribution in [3.05, 3.63) is 95.6 Å². The van der Waals surface area contributed by atoms with Crippen molar-refractivity contribution in [1.29, 1.82) is 0 Å². The summed E-state index contributed by atoms with van der Waals surface area (Å²) < 4.78 is 4.92. The molecule has 0 bridgehead atoms. The SMILES string of the molecule is COC(=O)c1ccc2c(c1)N1C(=O)CCC1(c1ccccc1)N2CCc1ccccc1. The van der Waals surface area contributed by atoms with Crippen LogP contribution in [0.4, 0.5) is 11.4 Å². The van der Waals surface area contributed by atoms with Gasteiger partial charge < -0.3 is 9.64 Å². The summed E-state index contributed by atoms with van der Waals surface area (Å²) in [6.07, 6.45) is 2.03. The molecule has 0 N–H and O–H groups in total. The Balaban J connectivity index is 1.64. The predicted octanol–water partition coefficient (Wildman–Crippen LogP) is 4.52. The summed E-state index contributed by atoms with van der Waals surface area (Å²) in [6, 6.07) is 26.1. The summed E-state index contributed by atoms with van der Waals surface area (Å²) in [5, 5.41) is 0. The average Bonchev–Trinajstić information content (AvgIpc) is 3.31. The molecule has 31 heavy (non-hydrogen) atoms. The second-order valence-corrected chi connectivity index (χ2v) is 7.99. The number of rotatable bonds is 5. The molecule has 3 aromatic rings. The first-order chi connectivity index (χ1) is 15.1. The topological polar surface area (TPSA) is 49.9 Å². The third kappa shape index (κ3) is 3.00. The average molecular weight is 412 g/mol. The number of nitrogens with zero attached hydrogens (tertiary/aromatic N) is 2. The van der Waals surface area contributed by atoms with Crippen LogP contribution in [0.25, 0.3) is 0 Å². The molecular formula is C26H24N2O3. The molecule has 1 unspecified atom stereocenters. The smallest absolute Gasteiger partial charge is 0.337 e. The van der Waals surface area contributed by atoms with Crippen LogP contribution >= 0.6 is 0 Å². The Morgan fingerprint density at radius 1 is 0.968 bits per heavy atom. The lowest BCUT2D eigenvalue weighted by Gasteiger charge is -2.41. The van der Waals surface area contributed by atoms with Gasteiger partial charge in [-0.2, -0.15) is 0 Å². The lowest BCUT2D eigenvalue weighted by molar-refractivity contribution is -0.117. The minimum absolute atomic E-state index is 0.0781. The Morgan fingerprint density at radius 3 is 2.39 bits per heavy atom. The Hall–Kier alpha value is -3.60. The minimum Gasteiger partial charge on any atom is -0.465 e. The maximum Gasteiger partial charge on any atom is 0.337 e. The molecule has 3 aromatic carbocycles. The number of ether oxygens (including phenoxy) is 1. The van der Waals surface area contributed by atoms with E-state index in [0.29, 0.717) is 18.4 Å². The van der Waals surface area contributed by atoms with Gasteiger partial charge in [0.2, 0.25) is 5.91 Å². The van der Waals surface area contributed by atoms with E-state index in [9.17, 15) is 9.59 Å². The van der Waals surface area contributed by atoms with E-state index in [4.69, 9.17) is 4.74 Å². The minimum atomic E-state index is -0.579. The molecule has 0 saturated carbocycles. The Morgan fingerprint density at radius 2 is 1.68 bits per heavy atom. The van der Waals surface area contributed by atoms with E-state index in [2.05, 4.69) is 29.2 Å². The zero-order valence-corrected chi connectivity index (χ0v) is 17.5. The number of benzene rings is 3. The van der Waals surface area contributed by atoms with E-state index in [1.165, 1.54) is 12.7 Å². The van der Waals surface area contributed by atoms with Gasteiger partial charge in [0.05, 0.1) is 24.0 Å². The maximum absolute atomic E-state index is 13.2. The predicted molar refractivity (Wildman–Crippen MR) is 120 cm³/mol. The van der Waals surface area contributed by atoms with Crippen LogP contribution in [-0.2, 0) is 21.6 Å². The zero-order chi connectivity index (χ0) is 21.4.